The van der Waals surface area contributed by atoms with Gasteiger partial charge in [-0.25, -0.2) is 0 Å². The highest BCUT2D eigenvalue weighted by atomic mass is 31.2. The van der Waals surface area contributed by atoms with Crippen molar-refractivity contribution in [1.82, 2.24) is 0 Å². The van der Waals surface area contributed by atoms with E-state index in [1.807, 2.05) is 31.2 Å². The molecule has 0 bridgehead atoms. The van der Waals surface area contributed by atoms with E-state index in [0.29, 0.717) is 11.9 Å². The van der Waals surface area contributed by atoms with Gasteiger partial charge in [-0.2, -0.15) is 5.26 Å². The van der Waals surface area contributed by atoms with Gasteiger partial charge in [-0.15, -0.1) is 0 Å². The first kappa shape index (κ1) is 12.3. The SMILES string of the molecule is CCOP1(=O)OC(CC#N)c2cccc(C)c21. The number of aryl methyl sites for hydroxylation is 1. The molecule has 2 unspecified atom stereocenters. The molecule has 2 rings (SSSR count). The van der Waals surface area contributed by atoms with E-state index in [2.05, 4.69) is 0 Å². The normalized spacial score (nSPS) is 26.5. The summed E-state index contributed by atoms with van der Waals surface area (Å²) in [5.74, 6) is 0. The molecule has 17 heavy (non-hydrogen) atoms. The second kappa shape index (κ2) is 4.62. The van der Waals surface area contributed by atoms with Gasteiger partial charge in [-0.05, 0) is 25.0 Å². The van der Waals surface area contributed by atoms with Crippen LogP contribution in [0.2, 0.25) is 0 Å². The summed E-state index contributed by atoms with van der Waals surface area (Å²) in [5.41, 5.74) is 1.71. The molecular weight excluding hydrogens is 237 g/mol. The van der Waals surface area contributed by atoms with Crippen LogP contribution in [0.3, 0.4) is 0 Å². The van der Waals surface area contributed by atoms with Crippen LogP contribution in [0.4, 0.5) is 0 Å². The number of hydrogen-bond acceptors (Lipinski definition) is 4. The number of fused-ring (bicyclic) bond motifs is 1. The summed E-state index contributed by atoms with van der Waals surface area (Å²) in [5, 5.41) is 9.40. The molecule has 1 aliphatic heterocycles. The monoisotopic (exact) mass is 251 g/mol. The van der Waals surface area contributed by atoms with Crippen molar-refractivity contribution in [3.05, 3.63) is 29.3 Å². The smallest absolute Gasteiger partial charge is 0.305 e. The molecule has 0 fully saturated rings. The van der Waals surface area contributed by atoms with Crippen molar-refractivity contribution >= 4 is 12.9 Å². The molecule has 4 nitrogen and oxygen atoms in total. The van der Waals surface area contributed by atoms with Crippen molar-refractivity contribution in [1.29, 1.82) is 5.26 Å². The van der Waals surface area contributed by atoms with Crippen molar-refractivity contribution in [2.75, 3.05) is 6.61 Å². The molecular formula is C12H14NO3P. The van der Waals surface area contributed by atoms with E-state index >= 15 is 0 Å². The van der Waals surface area contributed by atoms with Gasteiger partial charge in [0.1, 0.15) is 6.10 Å². The average molecular weight is 251 g/mol. The van der Waals surface area contributed by atoms with Crippen LogP contribution in [0.15, 0.2) is 18.2 Å². The molecule has 0 aromatic heterocycles. The summed E-state index contributed by atoms with van der Waals surface area (Å²) >= 11 is 0. The molecule has 0 saturated carbocycles. The van der Waals surface area contributed by atoms with Gasteiger partial charge in [0.15, 0.2) is 0 Å². The fraction of sp³-hybridized carbons (Fsp3) is 0.417. The fourth-order valence-corrected chi connectivity index (χ4v) is 4.29. The lowest BCUT2D eigenvalue weighted by Gasteiger charge is -2.13. The van der Waals surface area contributed by atoms with Crippen molar-refractivity contribution < 1.29 is 13.6 Å². The first-order valence-electron chi connectivity index (χ1n) is 5.52. The quantitative estimate of drug-likeness (QED) is 0.775. The molecule has 2 atom stereocenters. The Morgan fingerprint density at radius 1 is 1.59 bits per heavy atom. The zero-order valence-electron chi connectivity index (χ0n) is 9.84. The standard InChI is InChI=1S/C12H14NO3P/c1-3-15-17(14)12-9(2)5-4-6-10(12)11(16-17)7-8-13/h4-6,11H,3,7H2,1-2H3. The number of benzene rings is 1. The van der Waals surface area contributed by atoms with Gasteiger partial charge in [-0.1, -0.05) is 18.2 Å². The van der Waals surface area contributed by atoms with E-state index in [1.54, 1.807) is 6.92 Å². The Bertz CT molecular complexity index is 521. The fourth-order valence-electron chi connectivity index (χ4n) is 2.09. The number of rotatable bonds is 3. The van der Waals surface area contributed by atoms with Gasteiger partial charge in [0.2, 0.25) is 0 Å². The minimum Gasteiger partial charge on any atom is -0.305 e. The van der Waals surface area contributed by atoms with Crippen LogP contribution >= 0.6 is 7.60 Å². The summed E-state index contributed by atoms with van der Waals surface area (Å²) in [6, 6.07) is 7.65. The summed E-state index contributed by atoms with van der Waals surface area (Å²) in [6.45, 7) is 3.98. The summed E-state index contributed by atoms with van der Waals surface area (Å²) in [4.78, 5) is 0. The minimum atomic E-state index is -3.23. The lowest BCUT2D eigenvalue weighted by atomic mass is 10.0. The van der Waals surface area contributed by atoms with Gasteiger partial charge in [0, 0.05) is 0 Å². The number of hydrogen-bond donors (Lipinski definition) is 0. The molecule has 0 radical (unpaired) electrons. The summed E-state index contributed by atoms with van der Waals surface area (Å²) in [6.07, 6.45) is -0.250. The highest BCUT2D eigenvalue weighted by molar-refractivity contribution is 7.62. The molecule has 1 heterocycles. The van der Waals surface area contributed by atoms with Crippen molar-refractivity contribution in [2.24, 2.45) is 0 Å². The third-order valence-corrected chi connectivity index (χ3v) is 5.02. The molecule has 0 amide bonds. The Morgan fingerprint density at radius 3 is 3.00 bits per heavy atom. The van der Waals surface area contributed by atoms with Crippen LogP contribution in [-0.4, -0.2) is 6.61 Å². The van der Waals surface area contributed by atoms with Crippen LogP contribution in [0.5, 0.6) is 0 Å². The van der Waals surface area contributed by atoms with Crippen LogP contribution in [0.1, 0.15) is 30.6 Å². The largest absolute Gasteiger partial charge is 0.362 e. The zero-order valence-corrected chi connectivity index (χ0v) is 10.7. The van der Waals surface area contributed by atoms with Gasteiger partial charge < -0.3 is 4.52 Å². The van der Waals surface area contributed by atoms with Crippen LogP contribution in [0.25, 0.3) is 0 Å². The van der Waals surface area contributed by atoms with Crippen LogP contribution in [-0.2, 0) is 13.6 Å². The van der Waals surface area contributed by atoms with Crippen LogP contribution in [0, 0.1) is 18.3 Å². The molecule has 1 aromatic carbocycles. The van der Waals surface area contributed by atoms with E-state index in [4.69, 9.17) is 14.3 Å². The van der Waals surface area contributed by atoms with E-state index < -0.39 is 13.7 Å². The Balaban J connectivity index is 2.53. The third kappa shape index (κ3) is 2.02. The second-order valence-corrected chi connectivity index (χ2v) is 5.80. The summed E-state index contributed by atoms with van der Waals surface area (Å²) < 4.78 is 23.4. The topological polar surface area (TPSA) is 59.3 Å². The van der Waals surface area contributed by atoms with E-state index in [0.717, 1.165) is 11.1 Å². The molecule has 0 N–H and O–H groups in total. The maximum atomic E-state index is 12.6. The van der Waals surface area contributed by atoms with E-state index in [-0.39, 0.29) is 6.42 Å². The second-order valence-electron chi connectivity index (χ2n) is 3.88. The van der Waals surface area contributed by atoms with Gasteiger partial charge in [0.25, 0.3) is 0 Å². The predicted molar refractivity (Wildman–Crippen MR) is 64.1 cm³/mol. The maximum Gasteiger partial charge on any atom is 0.362 e. The Hall–Kier alpha value is -1.14. The predicted octanol–water partition coefficient (Wildman–Crippen LogP) is 2.83. The minimum absolute atomic E-state index is 0.188. The molecule has 90 valence electrons. The van der Waals surface area contributed by atoms with E-state index in [1.165, 1.54) is 0 Å². The van der Waals surface area contributed by atoms with Crippen LogP contribution < -0.4 is 5.30 Å². The molecule has 0 spiro atoms. The van der Waals surface area contributed by atoms with Gasteiger partial charge in [0.05, 0.1) is 24.4 Å². The Kier molecular flexibility index (Phi) is 3.35. The lowest BCUT2D eigenvalue weighted by molar-refractivity contribution is 0.174. The van der Waals surface area contributed by atoms with E-state index in [9.17, 15) is 4.57 Å². The maximum absolute atomic E-state index is 12.6. The molecule has 1 aliphatic rings. The Labute approximate surface area is 101 Å². The first-order chi connectivity index (χ1) is 8.12. The summed E-state index contributed by atoms with van der Waals surface area (Å²) in [7, 11) is -3.23. The average Bonchev–Trinajstić information content (AvgIpc) is 2.55. The zero-order chi connectivity index (χ0) is 12.5. The van der Waals surface area contributed by atoms with Crippen molar-refractivity contribution in [2.45, 2.75) is 26.4 Å². The van der Waals surface area contributed by atoms with Gasteiger partial charge in [-0.3, -0.25) is 9.09 Å². The number of nitrogens with zero attached hydrogens (tertiary/aromatic N) is 1. The highest BCUT2D eigenvalue weighted by Gasteiger charge is 2.43. The van der Waals surface area contributed by atoms with Crippen molar-refractivity contribution in [3.8, 4) is 6.07 Å². The molecule has 0 aliphatic carbocycles. The molecule has 1 aromatic rings. The Morgan fingerprint density at radius 2 is 2.35 bits per heavy atom. The number of nitriles is 1. The molecule has 5 heteroatoms. The van der Waals surface area contributed by atoms with Crippen molar-refractivity contribution in [3.63, 3.8) is 0 Å². The lowest BCUT2D eigenvalue weighted by Crippen LogP contribution is -2.10. The third-order valence-electron chi connectivity index (χ3n) is 2.73. The molecule has 0 saturated heterocycles. The van der Waals surface area contributed by atoms with Gasteiger partial charge >= 0.3 is 7.60 Å². The first-order valence-corrected chi connectivity index (χ1v) is 7.06. The highest BCUT2D eigenvalue weighted by Crippen LogP contribution is 2.58.